The Kier molecular flexibility index (Phi) is 5.72. The number of carbonyl (C=O) groups is 1. The molecule has 6 heteroatoms. The summed E-state index contributed by atoms with van der Waals surface area (Å²) < 4.78 is 19.1. The Morgan fingerprint density at radius 2 is 2.07 bits per heavy atom. The van der Waals surface area contributed by atoms with Crippen LogP contribution in [0, 0.1) is 11.2 Å². The number of piperidine rings is 2. The molecular formula is C21H28ClFN2O2. The first-order valence-corrected chi connectivity index (χ1v) is 10.5. The molecule has 0 unspecified atom stereocenters. The van der Waals surface area contributed by atoms with Gasteiger partial charge in [-0.1, -0.05) is 17.7 Å². The van der Waals surface area contributed by atoms with Crippen LogP contribution >= 0.6 is 11.6 Å². The summed E-state index contributed by atoms with van der Waals surface area (Å²) in [7, 11) is 0. The Hall–Kier alpha value is -1.17. The third-order valence-corrected chi connectivity index (χ3v) is 6.79. The van der Waals surface area contributed by atoms with Crippen molar-refractivity contribution in [3.8, 4) is 0 Å². The number of rotatable bonds is 4. The highest BCUT2D eigenvalue weighted by molar-refractivity contribution is 6.30. The number of ether oxygens (including phenoxy) is 1. The molecule has 3 heterocycles. The van der Waals surface area contributed by atoms with Gasteiger partial charge >= 0.3 is 0 Å². The van der Waals surface area contributed by atoms with Gasteiger partial charge in [-0.25, -0.2) is 4.39 Å². The second-order valence-corrected chi connectivity index (χ2v) is 8.84. The van der Waals surface area contributed by atoms with Crippen molar-refractivity contribution in [3.63, 3.8) is 0 Å². The summed E-state index contributed by atoms with van der Waals surface area (Å²) in [5, 5.41) is 0.191. The van der Waals surface area contributed by atoms with E-state index in [9.17, 15) is 9.18 Å². The minimum absolute atomic E-state index is 0.191. The Morgan fingerprint density at radius 1 is 1.26 bits per heavy atom. The van der Waals surface area contributed by atoms with Crippen LogP contribution in [0.2, 0.25) is 5.02 Å². The fourth-order valence-electron chi connectivity index (χ4n) is 4.79. The summed E-state index contributed by atoms with van der Waals surface area (Å²) in [6, 6.07) is 4.98. The maximum Gasteiger partial charge on any atom is 0.222 e. The third-order valence-electron chi connectivity index (χ3n) is 6.50. The highest BCUT2D eigenvalue weighted by atomic mass is 35.5. The van der Waals surface area contributed by atoms with E-state index in [2.05, 4.69) is 9.80 Å². The van der Waals surface area contributed by atoms with Gasteiger partial charge in [-0.05, 0) is 68.3 Å². The van der Waals surface area contributed by atoms with E-state index in [0.717, 1.165) is 77.0 Å². The molecule has 0 aromatic heterocycles. The molecule has 0 radical (unpaired) electrons. The zero-order chi connectivity index (χ0) is 18.9. The number of benzene rings is 1. The lowest BCUT2D eigenvalue weighted by atomic mass is 9.72. The Morgan fingerprint density at radius 3 is 2.78 bits per heavy atom. The fraction of sp³-hybridized carbons (Fsp3) is 0.667. The van der Waals surface area contributed by atoms with Gasteiger partial charge < -0.3 is 9.64 Å². The molecule has 27 heavy (non-hydrogen) atoms. The van der Waals surface area contributed by atoms with Crippen molar-refractivity contribution in [2.24, 2.45) is 5.41 Å². The van der Waals surface area contributed by atoms with Crippen LogP contribution in [0.15, 0.2) is 18.2 Å². The van der Waals surface area contributed by atoms with Crippen molar-refractivity contribution < 1.29 is 13.9 Å². The molecule has 4 nitrogen and oxygen atoms in total. The Balaban J connectivity index is 1.33. The second-order valence-electron chi connectivity index (χ2n) is 8.43. The van der Waals surface area contributed by atoms with Crippen molar-refractivity contribution in [1.82, 2.24) is 9.80 Å². The van der Waals surface area contributed by atoms with E-state index < -0.39 is 0 Å². The predicted molar refractivity (Wildman–Crippen MR) is 103 cm³/mol. The summed E-state index contributed by atoms with van der Waals surface area (Å²) in [6.45, 7) is 5.29. The summed E-state index contributed by atoms with van der Waals surface area (Å²) in [5.74, 6) is -0.0734. The zero-order valence-corrected chi connectivity index (χ0v) is 16.5. The highest BCUT2D eigenvalue weighted by Crippen LogP contribution is 2.40. The molecule has 0 N–H and O–H groups in total. The predicted octanol–water partition coefficient (Wildman–Crippen LogP) is 3.86. The Bertz CT molecular complexity index is 685. The Labute approximate surface area is 165 Å². The fourth-order valence-corrected chi connectivity index (χ4v) is 5.00. The van der Waals surface area contributed by atoms with E-state index >= 15 is 0 Å². The van der Waals surface area contributed by atoms with Crippen molar-refractivity contribution in [2.45, 2.75) is 51.2 Å². The van der Waals surface area contributed by atoms with Gasteiger partial charge in [0.2, 0.25) is 5.91 Å². The first kappa shape index (κ1) is 19.2. The molecular weight excluding hydrogens is 367 g/mol. The molecule has 0 aliphatic carbocycles. The van der Waals surface area contributed by atoms with Crippen LogP contribution in [0.3, 0.4) is 0 Å². The van der Waals surface area contributed by atoms with Gasteiger partial charge in [-0.3, -0.25) is 9.69 Å². The number of carbonyl (C=O) groups excluding carboxylic acids is 1. The smallest absolute Gasteiger partial charge is 0.222 e. The maximum atomic E-state index is 13.3. The molecule has 3 fully saturated rings. The molecule has 4 rings (SSSR count). The summed E-state index contributed by atoms with van der Waals surface area (Å²) in [5.41, 5.74) is 1.31. The molecule has 1 spiro atoms. The SMILES string of the molecule is O=C1CCC2(CCN(Cc3ccc(F)c(Cl)c3)CC2)CN1C[C@H]1CCCO1. The molecule has 1 atom stereocenters. The van der Waals surface area contributed by atoms with Crippen molar-refractivity contribution in [2.75, 3.05) is 32.8 Å². The largest absolute Gasteiger partial charge is 0.376 e. The van der Waals surface area contributed by atoms with E-state index in [1.807, 2.05) is 6.07 Å². The lowest BCUT2D eigenvalue weighted by molar-refractivity contribution is -0.141. The lowest BCUT2D eigenvalue weighted by Gasteiger charge is -2.48. The van der Waals surface area contributed by atoms with E-state index in [1.54, 1.807) is 6.07 Å². The number of nitrogens with zero attached hydrogens (tertiary/aromatic N) is 2. The quantitative estimate of drug-likeness (QED) is 0.777. The van der Waals surface area contributed by atoms with Crippen LogP contribution in [0.25, 0.3) is 0 Å². The maximum absolute atomic E-state index is 13.3. The standard InChI is InChI=1S/C21H28ClFN2O2/c22-18-12-16(3-4-19(18)23)13-24-9-7-21(8-10-24)6-5-20(26)25(15-21)14-17-2-1-11-27-17/h3-4,12,17H,1-2,5-11,13-15H2/t17-/m1/s1. The summed E-state index contributed by atoms with van der Waals surface area (Å²) in [4.78, 5) is 16.9. The van der Waals surface area contributed by atoms with Gasteiger partial charge in [0, 0.05) is 32.7 Å². The average Bonchev–Trinajstić information content (AvgIpc) is 3.17. The van der Waals surface area contributed by atoms with Gasteiger partial charge in [0.05, 0.1) is 11.1 Å². The van der Waals surface area contributed by atoms with Crippen LogP contribution in [-0.4, -0.2) is 54.6 Å². The van der Waals surface area contributed by atoms with Gasteiger partial charge in [0.25, 0.3) is 0 Å². The monoisotopic (exact) mass is 394 g/mol. The highest BCUT2D eigenvalue weighted by Gasteiger charge is 2.41. The van der Waals surface area contributed by atoms with Crippen LogP contribution in [-0.2, 0) is 16.1 Å². The number of amides is 1. The molecule has 3 saturated heterocycles. The molecule has 1 aromatic carbocycles. The number of halogens is 2. The van der Waals surface area contributed by atoms with Crippen molar-refractivity contribution in [3.05, 3.63) is 34.6 Å². The molecule has 1 amide bonds. The average molecular weight is 395 g/mol. The van der Waals surface area contributed by atoms with Gasteiger partial charge in [0.1, 0.15) is 5.82 Å². The zero-order valence-electron chi connectivity index (χ0n) is 15.8. The summed E-state index contributed by atoms with van der Waals surface area (Å²) in [6.07, 6.45) is 6.30. The molecule has 3 aliphatic heterocycles. The van der Waals surface area contributed by atoms with E-state index in [0.29, 0.717) is 12.3 Å². The van der Waals surface area contributed by atoms with Crippen LogP contribution in [0.5, 0.6) is 0 Å². The topological polar surface area (TPSA) is 32.8 Å². The molecule has 148 valence electrons. The second kappa shape index (κ2) is 8.06. The van der Waals surface area contributed by atoms with Crippen molar-refractivity contribution in [1.29, 1.82) is 0 Å². The van der Waals surface area contributed by atoms with E-state index in [4.69, 9.17) is 16.3 Å². The molecule has 1 aromatic rings. The number of hydrogen-bond acceptors (Lipinski definition) is 3. The van der Waals surface area contributed by atoms with Crippen LogP contribution < -0.4 is 0 Å². The van der Waals surface area contributed by atoms with Gasteiger partial charge in [-0.2, -0.15) is 0 Å². The van der Waals surface area contributed by atoms with Crippen LogP contribution in [0.1, 0.15) is 44.1 Å². The molecule has 0 saturated carbocycles. The minimum Gasteiger partial charge on any atom is -0.376 e. The van der Waals surface area contributed by atoms with Crippen molar-refractivity contribution >= 4 is 17.5 Å². The first-order chi connectivity index (χ1) is 13.0. The summed E-state index contributed by atoms with van der Waals surface area (Å²) >= 11 is 5.91. The van der Waals surface area contributed by atoms with Crippen LogP contribution in [0.4, 0.5) is 4.39 Å². The lowest BCUT2D eigenvalue weighted by Crippen LogP contribution is -2.52. The molecule has 3 aliphatic rings. The number of likely N-dealkylation sites (tertiary alicyclic amines) is 2. The number of hydrogen-bond donors (Lipinski definition) is 0. The molecule has 0 bridgehead atoms. The first-order valence-electron chi connectivity index (χ1n) is 10.1. The normalized spacial score (nSPS) is 26.1. The third kappa shape index (κ3) is 4.47. The minimum atomic E-state index is -0.365. The van der Waals surface area contributed by atoms with Gasteiger partial charge in [0.15, 0.2) is 0 Å². The van der Waals surface area contributed by atoms with E-state index in [1.165, 1.54) is 6.07 Å². The van der Waals surface area contributed by atoms with E-state index in [-0.39, 0.29) is 22.4 Å². The van der Waals surface area contributed by atoms with Gasteiger partial charge in [-0.15, -0.1) is 0 Å².